The van der Waals surface area contributed by atoms with Crippen molar-refractivity contribution in [1.82, 2.24) is 0 Å². The van der Waals surface area contributed by atoms with E-state index in [9.17, 15) is 4.79 Å². The van der Waals surface area contributed by atoms with Crippen LogP contribution in [0.1, 0.15) is 26.7 Å². The standard InChI is InChI=1S/C15H20O2/c1-8(2)15(16)17-13-7-10-6-12(13)11-5-4-9(3)14(10)11/h4-5,9-14H,1,6-7H2,2-3H3. The maximum atomic E-state index is 11.6. The van der Waals surface area contributed by atoms with E-state index in [1.54, 1.807) is 6.92 Å². The number of fused-ring (bicyclic) bond motifs is 5. The molecule has 17 heavy (non-hydrogen) atoms. The molecule has 2 saturated carbocycles. The van der Waals surface area contributed by atoms with Gasteiger partial charge in [0, 0.05) is 11.5 Å². The molecule has 0 aliphatic heterocycles. The Morgan fingerprint density at radius 2 is 2.12 bits per heavy atom. The van der Waals surface area contributed by atoms with Crippen LogP contribution in [-0.4, -0.2) is 12.1 Å². The molecule has 3 aliphatic rings. The van der Waals surface area contributed by atoms with Gasteiger partial charge in [0.15, 0.2) is 0 Å². The summed E-state index contributed by atoms with van der Waals surface area (Å²) in [6, 6.07) is 0. The fourth-order valence-electron chi connectivity index (χ4n) is 4.25. The Hall–Kier alpha value is -1.05. The molecule has 0 amide bonds. The van der Waals surface area contributed by atoms with Crippen molar-refractivity contribution in [3.05, 3.63) is 24.3 Å². The molecular formula is C15H20O2. The third-order valence-electron chi connectivity index (χ3n) is 4.92. The smallest absolute Gasteiger partial charge is 0.333 e. The van der Waals surface area contributed by atoms with Crippen LogP contribution < -0.4 is 0 Å². The molecule has 6 atom stereocenters. The first-order chi connectivity index (χ1) is 8.08. The van der Waals surface area contributed by atoms with E-state index in [1.807, 2.05) is 0 Å². The van der Waals surface area contributed by atoms with Gasteiger partial charge in [0.25, 0.3) is 0 Å². The molecule has 2 bridgehead atoms. The number of rotatable bonds is 2. The fourth-order valence-corrected chi connectivity index (χ4v) is 4.25. The number of hydrogen-bond acceptors (Lipinski definition) is 2. The van der Waals surface area contributed by atoms with Crippen molar-refractivity contribution in [1.29, 1.82) is 0 Å². The molecule has 92 valence electrons. The van der Waals surface area contributed by atoms with Gasteiger partial charge in [-0.1, -0.05) is 25.7 Å². The van der Waals surface area contributed by atoms with Crippen LogP contribution in [0.5, 0.6) is 0 Å². The predicted octanol–water partition coefficient (Wildman–Crippen LogP) is 2.95. The maximum Gasteiger partial charge on any atom is 0.333 e. The summed E-state index contributed by atoms with van der Waals surface area (Å²) >= 11 is 0. The van der Waals surface area contributed by atoms with E-state index in [4.69, 9.17) is 4.74 Å². The van der Waals surface area contributed by atoms with Crippen molar-refractivity contribution in [2.45, 2.75) is 32.8 Å². The van der Waals surface area contributed by atoms with Crippen LogP contribution in [-0.2, 0) is 9.53 Å². The number of carbonyl (C=O) groups excluding carboxylic acids is 1. The van der Waals surface area contributed by atoms with Gasteiger partial charge in [-0.25, -0.2) is 4.79 Å². The molecule has 0 heterocycles. The summed E-state index contributed by atoms with van der Waals surface area (Å²) in [6.07, 6.45) is 7.16. The number of hydrogen-bond donors (Lipinski definition) is 0. The molecule has 3 aliphatic carbocycles. The monoisotopic (exact) mass is 232 g/mol. The largest absolute Gasteiger partial charge is 0.459 e. The van der Waals surface area contributed by atoms with Gasteiger partial charge in [-0.15, -0.1) is 0 Å². The first-order valence-electron chi connectivity index (χ1n) is 6.62. The second kappa shape index (κ2) is 3.72. The first kappa shape index (κ1) is 11.1. The average Bonchev–Trinajstić information content (AvgIpc) is 2.90. The Kier molecular flexibility index (Phi) is 2.42. The lowest BCUT2D eigenvalue weighted by atomic mass is 9.76. The molecule has 0 N–H and O–H groups in total. The average molecular weight is 232 g/mol. The number of ether oxygens (including phenoxy) is 1. The van der Waals surface area contributed by atoms with E-state index in [0.29, 0.717) is 23.3 Å². The minimum atomic E-state index is -0.214. The topological polar surface area (TPSA) is 26.3 Å². The highest BCUT2D eigenvalue weighted by atomic mass is 16.5. The third-order valence-corrected chi connectivity index (χ3v) is 4.92. The summed E-state index contributed by atoms with van der Waals surface area (Å²) in [7, 11) is 0. The minimum Gasteiger partial charge on any atom is -0.459 e. The molecule has 0 saturated heterocycles. The van der Waals surface area contributed by atoms with Crippen LogP contribution in [0.25, 0.3) is 0 Å². The van der Waals surface area contributed by atoms with Gasteiger partial charge in [0.1, 0.15) is 6.10 Å². The van der Waals surface area contributed by atoms with Crippen molar-refractivity contribution < 1.29 is 9.53 Å². The number of carbonyl (C=O) groups is 1. The van der Waals surface area contributed by atoms with Crippen molar-refractivity contribution in [3.8, 4) is 0 Å². The highest BCUT2D eigenvalue weighted by molar-refractivity contribution is 5.87. The van der Waals surface area contributed by atoms with Gasteiger partial charge in [-0.3, -0.25) is 0 Å². The third kappa shape index (κ3) is 1.57. The lowest BCUT2D eigenvalue weighted by Gasteiger charge is -2.32. The van der Waals surface area contributed by atoms with Crippen LogP contribution in [0.4, 0.5) is 0 Å². The zero-order valence-electron chi connectivity index (χ0n) is 10.6. The minimum absolute atomic E-state index is 0.139. The summed E-state index contributed by atoms with van der Waals surface area (Å²) in [4.78, 5) is 11.6. The zero-order valence-corrected chi connectivity index (χ0v) is 10.6. The SMILES string of the molecule is C=C(C)C(=O)OC1CC2CC1C1C=CC(C)C21. The molecule has 0 spiro atoms. The molecule has 6 unspecified atom stereocenters. The quantitative estimate of drug-likeness (QED) is 0.415. The van der Waals surface area contributed by atoms with Crippen molar-refractivity contribution >= 4 is 5.97 Å². The highest BCUT2D eigenvalue weighted by Gasteiger charge is 2.55. The Labute approximate surface area is 103 Å². The van der Waals surface area contributed by atoms with E-state index in [-0.39, 0.29) is 12.1 Å². The number of allylic oxidation sites excluding steroid dienone is 2. The lowest BCUT2D eigenvalue weighted by molar-refractivity contribution is -0.147. The summed E-state index contributed by atoms with van der Waals surface area (Å²) in [5, 5.41) is 0. The van der Waals surface area contributed by atoms with Crippen LogP contribution in [0, 0.1) is 29.6 Å². The second-order valence-corrected chi connectivity index (χ2v) is 6.02. The van der Waals surface area contributed by atoms with E-state index in [1.165, 1.54) is 6.42 Å². The van der Waals surface area contributed by atoms with E-state index < -0.39 is 0 Å². The summed E-state index contributed by atoms with van der Waals surface area (Å²) in [5.41, 5.74) is 0.514. The molecule has 0 radical (unpaired) electrons. The van der Waals surface area contributed by atoms with E-state index in [2.05, 4.69) is 25.7 Å². The van der Waals surface area contributed by atoms with Crippen molar-refractivity contribution in [3.63, 3.8) is 0 Å². The van der Waals surface area contributed by atoms with Gasteiger partial charge in [0.05, 0.1) is 0 Å². The Morgan fingerprint density at radius 1 is 1.35 bits per heavy atom. The van der Waals surface area contributed by atoms with Crippen LogP contribution in [0.3, 0.4) is 0 Å². The van der Waals surface area contributed by atoms with Crippen molar-refractivity contribution in [2.75, 3.05) is 0 Å². The summed E-state index contributed by atoms with van der Waals surface area (Å²) in [6.45, 7) is 7.68. The van der Waals surface area contributed by atoms with Crippen LogP contribution in [0.2, 0.25) is 0 Å². The molecule has 0 aromatic heterocycles. The molecule has 3 rings (SSSR count). The molecule has 2 heteroatoms. The maximum absolute atomic E-state index is 11.6. The second-order valence-electron chi connectivity index (χ2n) is 6.02. The Morgan fingerprint density at radius 3 is 2.82 bits per heavy atom. The lowest BCUT2D eigenvalue weighted by Crippen LogP contribution is -2.33. The number of esters is 1. The molecule has 0 aromatic carbocycles. The van der Waals surface area contributed by atoms with Crippen LogP contribution in [0.15, 0.2) is 24.3 Å². The van der Waals surface area contributed by atoms with Gasteiger partial charge in [0.2, 0.25) is 0 Å². The molecule has 0 aromatic rings. The molecular weight excluding hydrogens is 212 g/mol. The Balaban J connectivity index is 1.71. The van der Waals surface area contributed by atoms with Crippen LogP contribution >= 0.6 is 0 Å². The summed E-state index contributed by atoms with van der Waals surface area (Å²) < 4.78 is 5.58. The van der Waals surface area contributed by atoms with Gasteiger partial charge < -0.3 is 4.74 Å². The van der Waals surface area contributed by atoms with Gasteiger partial charge >= 0.3 is 5.97 Å². The normalized spacial score (nSPS) is 46.0. The van der Waals surface area contributed by atoms with Gasteiger partial charge in [-0.05, 0) is 43.4 Å². The summed E-state index contributed by atoms with van der Waals surface area (Å²) in [5.74, 6) is 3.31. The van der Waals surface area contributed by atoms with Crippen molar-refractivity contribution in [2.24, 2.45) is 29.6 Å². The van der Waals surface area contributed by atoms with Gasteiger partial charge in [-0.2, -0.15) is 0 Å². The predicted molar refractivity (Wildman–Crippen MR) is 66.2 cm³/mol. The van der Waals surface area contributed by atoms with E-state index in [0.717, 1.165) is 18.3 Å². The highest BCUT2D eigenvalue weighted by Crippen LogP contribution is 2.58. The molecule has 2 nitrogen and oxygen atoms in total. The first-order valence-corrected chi connectivity index (χ1v) is 6.62. The molecule has 2 fully saturated rings. The fraction of sp³-hybridized carbons (Fsp3) is 0.667. The van der Waals surface area contributed by atoms with E-state index >= 15 is 0 Å². The zero-order chi connectivity index (χ0) is 12.2. The Bertz CT molecular complexity index is 396.